The van der Waals surface area contributed by atoms with Crippen molar-refractivity contribution in [3.05, 3.63) is 67.9 Å². The van der Waals surface area contributed by atoms with Crippen LogP contribution in [0.5, 0.6) is 0 Å². The fraction of sp³-hybridized carbons (Fsp3) is 0.273. The molecule has 3 aromatic rings. The summed E-state index contributed by atoms with van der Waals surface area (Å²) in [5.74, 6) is -0.569. The standard InChI is InChI=1S/C20H17BrCl2N2O2S.C2H6/c1-27-19(26)14(9-12-5-3-2-4-6-12)11-24-20-25-17(18(21)28-20)13-7-8-15(22)16(23)10-13;1-2/h2-8,10,14H,9,11H2,1H3,(H,24,25);1-2H3. The molecule has 0 saturated carbocycles. The summed E-state index contributed by atoms with van der Waals surface area (Å²) in [5.41, 5.74) is 2.71. The molecule has 1 N–H and O–H groups in total. The Kier molecular flexibility index (Phi) is 10.1. The van der Waals surface area contributed by atoms with Crippen molar-refractivity contribution in [1.29, 1.82) is 0 Å². The highest BCUT2D eigenvalue weighted by Crippen LogP contribution is 2.37. The molecule has 1 aromatic heterocycles. The van der Waals surface area contributed by atoms with Crippen LogP contribution in [0.15, 0.2) is 52.3 Å². The average molecular weight is 530 g/mol. The van der Waals surface area contributed by atoms with E-state index in [0.717, 1.165) is 20.6 Å². The van der Waals surface area contributed by atoms with Crippen LogP contribution in [-0.4, -0.2) is 24.6 Å². The molecule has 0 saturated heterocycles. The van der Waals surface area contributed by atoms with Crippen LogP contribution in [0.2, 0.25) is 10.0 Å². The lowest BCUT2D eigenvalue weighted by Crippen LogP contribution is -2.26. The Balaban J connectivity index is 0.00000155. The molecule has 0 aliphatic carbocycles. The van der Waals surface area contributed by atoms with Crippen molar-refractivity contribution in [2.24, 2.45) is 5.92 Å². The van der Waals surface area contributed by atoms with E-state index in [2.05, 4.69) is 26.2 Å². The van der Waals surface area contributed by atoms with Gasteiger partial charge in [-0.1, -0.05) is 84.8 Å². The van der Waals surface area contributed by atoms with E-state index in [1.54, 1.807) is 12.1 Å². The molecule has 1 atom stereocenters. The van der Waals surface area contributed by atoms with Gasteiger partial charge in [-0.3, -0.25) is 4.79 Å². The van der Waals surface area contributed by atoms with Gasteiger partial charge >= 0.3 is 5.97 Å². The predicted octanol–water partition coefficient (Wildman–Crippen LogP) is 7.35. The minimum absolute atomic E-state index is 0.253. The molecule has 0 fully saturated rings. The zero-order chi connectivity index (χ0) is 22.1. The largest absolute Gasteiger partial charge is 0.469 e. The maximum absolute atomic E-state index is 12.2. The highest BCUT2D eigenvalue weighted by Gasteiger charge is 2.21. The lowest BCUT2D eigenvalue weighted by atomic mass is 9.99. The molecule has 160 valence electrons. The zero-order valence-corrected chi connectivity index (χ0v) is 20.8. The third-order valence-electron chi connectivity index (χ3n) is 4.14. The third-order valence-corrected chi connectivity index (χ3v) is 6.54. The van der Waals surface area contributed by atoms with Crippen molar-refractivity contribution in [1.82, 2.24) is 4.98 Å². The Hall–Kier alpha value is -1.60. The molecule has 0 radical (unpaired) electrons. The number of thiazole rings is 1. The molecule has 1 heterocycles. The predicted molar refractivity (Wildman–Crippen MR) is 131 cm³/mol. The summed E-state index contributed by atoms with van der Waals surface area (Å²) in [7, 11) is 1.41. The molecule has 2 aromatic carbocycles. The maximum atomic E-state index is 12.2. The summed E-state index contributed by atoms with van der Waals surface area (Å²) < 4.78 is 5.83. The summed E-state index contributed by atoms with van der Waals surface area (Å²) in [6, 6.07) is 15.2. The zero-order valence-electron chi connectivity index (χ0n) is 16.9. The van der Waals surface area contributed by atoms with E-state index >= 15 is 0 Å². The van der Waals surface area contributed by atoms with Gasteiger partial charge in [0.1, 0.15) is 0 Å². The van der Waals surface area contributed by atoms with Crippen LogP contribution in [0.1, 0.15) is 19.4 Å². The van der Waals surface area contributed by atoms with Crippen molar-refractivity contribution < 1.29 is 9.53 Å². The van der Waals surface area contributed by atoms with Gasteiger partial charge in [0.25, 0.3) is 0 Å². The van der Waals surface area contributed by atoms with Crippen molar-refractivity contribution in [3.8, 4) is 11.3 Å². The van der Waals surface area contributed by atoms with Crippen molar-refractivity contribution in [2.75, 3.05) is 19.0 Å². The molecule has 0 aliphatic rings. The molecule has 1 unspecified atom stereocenters. The Morgan fingerprint density at radius 2 is 1.87 bits per heavy atom. The third kappa shape index (κ3) is 6.71. The quantitative estimate of drug-likeness (QED) is 0.325. The Labute approximate surface area is 199 Å². The monoisotopic (exact) mass is 528 g/mol. The fourth-order valence-electron chi connectivity index (χ4n) is 2.71. The molecule has 8 heteroatoms. The van der Waals surface area contributed by atoms with Crippen molar-refractivity contribution in [3.63, 3.8) is 0 Å². The van der Waals surface area contributed by atoms with Gasteiger partial charge in [-0.15, -0.1) is 0 Å². The van der Waals surface area contributed by atoms with Crippen LogP contribution in [0.4, 0.5) is 5.13 Å². The van der Waals surface area contributed by atoms with Gasteiger partial charge in [0, 0.05) is 12.1 Å². The summed E-state index contributed by atoms with van der Waals surface area (Å²) in [6.45, 7) is 4.42. The molecule has 0 aliphatic heterocycles. The molecule has 30 heavy (non-hydrogen) atoms. The summed E-state index contributed by atoms with van der Waals surface area (Å²) in [5, 5.41) is 4.93. The smallest absolute Gasteiger partial charge is 0.310 e. The number of hydrogen-bond donors (Lipinski definition) is 1. The fourth-order valence-corrected chi connectivity index (χ4v) is 4.51. The Morgan fingerprint density at radius 1 is 1.17 bits per heavy atom. The molecular formula is C22H23BrCl2N2O2S. The van der Waals surface area contributed by atoms with Gasteiger partial charge in [-0.05, 0) is 40.0 Å². The molecule has 3 rings (SSSR count). The Morgan fingerprint density at radius 3 is 2.50 bits per heavy atom. The Bertz CT molecular complexity index is 967. The van der Waals surface area contributed by atoms with Crippen molar-refractivity contribution >= 4 is 61.6 Å². The highest BCUT2D eigenvalue weighted by molar-refractivity contribution is 9.11. The maximum Gasteiger partial charge on any atom is 0.310 e. The first-order valence-electron chi connectivity index (χ1n) is 9.45. The molecule has 0 bridgehead atoms. The normalized spacial score (nSPS) is 11.3. The van der Waals surface area contributed by atoms with Crippen LogP contribution in [-0.2, 0) is 16.0 Å². The van der Waals surface area contributed by atoms with Crippen LogP contribution in [0, 0.1) is 5.92 Å². The van der Waals surface area contributed by atoms with Crippen LogP contribution < -0.4 is 5.32 Å². The van der Waals surface area contributed by atoms with Gasteiger partial charge < -0.3 is 10.1 Å². The van der Waals surface area contributed by atoms with E-state index in [-0.39, 0.29) is 11.9 Å². The van der Waals surface area contributed by atoms with E-state index in [0.29, 0.717) is 28.1 Å². The minimum Gasteiger partial charge on any atom is -0.469 e. The number of methoxy groups -OCH3 is 1. The topological polar surface area (TPSA) is 51.2 Å². The van der Waals surface area contributed by atoms with E-state index in [1.165, 1.54) is 18.4 Å². The van der Waals surface area contributed by atoms with Crippen LogP contribution in [0.3, 0.4) is 0 Å². The second-order valence-electron chi connectivity index (χ2n) is 6.06. The molecule has 0 amide bonds. The second kappa shape index (κ2) is 12.3. The first kappa shape index (κ1) is 24.7. The number of ether oxygens (including phenoxy) is 1. The number of carbonyl (C=O) groups excluding carboxylic acids is 1. The van der Waals surface area contributed by atoms with E-state index in [4.69, 9.17) is 27.9 Å². The summed E-state index contributed by atoms with van der Waals surface area (Å²) in [4.78, 5) is 16.8. The SMILES string of the molecule is CC.COC(=O)C(CNc1nc(-c2ccc(Cl)c(Cl)c2)c(Br)s1)Cc1ccccc1. The minimum atomic E-state index is -0.316. The van der Waals surface area contributed by atoms with Gasteiger partial charge in [0.15, 0.2) is 5.13 Å². The number of halogens is 3. The van der Waals surface area contributed by atoms with Gasteiger partial charge in [0.2, 0.25) is 0 Å². The van der Waals surface area contributed by atoms with Gasteiger partial charge in [-0.25, -0.2) is 4.98 Å². The first-order chi connectivity index (χ1) is 14.5. The lowest BCUT2D eigenvalue weighted by Gasteiger charge is -2.15. The molecular weight excluding hydrogens is 507 g/mol. The summed E-state index contributed by atoms with van der Waals surface area (Å²) >= 11 is 17.1. The van der Waals surface area contributed by atoms with E-state index < -0.39 is 0 Å². The number of esters is 1. The molecule has 4 nitrogen and oxygen atoms in total. The lowest BCUT2D eigenvalue weighted by molar-refractivity contribution is -0.144. The number of rotatable bonds is 7. The average Bonchev–Trinajstić information content (AvgIpc) is 3.15. The number of nitrogens with zero attached hydrogens (tertiary/aromatic N) is 1. The van der Waals surface area contributed by atoms with Gasteiger partial charge in [-0.2, -0.15) is 0 Å². The second-order valence-corrected chi connectivity index (χ2v) is 9.19. The number of hydrogen-bond acceptors (Lipinski definition) is 5. The highest BCUT2D eigenvalue weighted by atomic mass is 79.9. The number of anilines is 1. The van der Waals surface area contributed by atoms with E-state index in [9.17, 15) is 4.79 Å². The number of aromatic nitrogens is 1. The number of benzene rings is 2. The van der Waals surface area contributed by atoms with Gasteiger partial charge in [0.05, 0.1) is 32.6 Å². The van der Waals surface area contributed by atoms with Crippen molar-refractivity contribution in [2.45, 2.75) is 20.3 Å². The summed E-state index contributed by atoms with van der Waals surface area (Å²) in [6.07, 6.45) is 0.590. The first-order valence-corrected chi connectivity index (χ1v) is 11.8. The van der Waals surface area contributed by atoms with E-state index in [1.807, 2.05) is 50.2 Å². The number of carbonyl (C=O) groups is 1. The van der Waals surface area contributed by atoms with Crippen LogP contribution >= 0.6 is 50.5 Å². The van der Waals surface area contributed by atoms with Crippen LogP contribution in [0.25, 0.3) is 11.3 Å². The molecule has 0 spiro atoms. The number of nitrogens with one attached hydrogen (secondary N) is 1.